The number of anilines is 1. The monoisotopic (exact) mass is 426 g/mol. The van der Waals surface area contributed by atoms with Crippen LogP contribution in [0.2, 0.25) is 0 Å². The zero-order chi connectivity index (χ0) is 21.1. The predicted molar refractivity (Wildman–Crippen MR) is 116 cm³/mol. The van der Waals surface area contributed by atoms with Gasteiger partial charge in [0.05, 0.1) is 12.3 Å². The lowest BCUT2D eigenvalue weighted by atomic mass is 9.99. The fourth-order valence-corrected chi connectivity index (χ4v) is 4.74. The Hall–Kier alpha value is -2.71. The van der Waals surface area contributed by atoms with Crippen LogP contribution in [-0.2, 0) is 36.0 Å². The lowest BCUT2D eigenvalue weighted by Crippen LogP contribution is -2.37. The van der Waals surface area contributed by atoms with Crippen LogP contribution >= 0.6 is 0 Å². The summed E-state index contributed by atoms with van der Waals surface area (Å²) in [5.41, 5.74) is 5.35. The standard InChI is InChI=1S/C22H26N4O3S/c1-3-16-8-10-17(11-9-16)22-24-21(29-25-22)14-23-20-7-5-6-18-15-26(13-12-19(18)20)30(27,28)4-2/h5-11,23H,3-4,12-15H2,1-2H3. The summed E-state index contributed by atoms with van der Waals surface area (Å²) < 4.78 is 31.4. The van der Waals surface area contributed by atoms with E-state index in [9.17, 15) is 8.42 Å². The topological polar surface area (TPSA) is 88.3 Å². The molecule has 8 heteroatoms. The third kappa shape index (κ3) is 4.24. The Labute approximate surface area is 177 Å². The van der Waals surface area contributed by atoms with Crippen molar-refractivity contribution >= 4 is 15.7 Å². The molecule has 2 heterocycles. The second-order valence-electron chi connectivity index (χ2n) is 7.34. The molecule has 1 aromatic heterocycles. The first-order valence-corrected chi connectivity index (χ1v) is 11.9. The molecule has 7 nitrogen and oxygen atoms in total. The minimum Gasteiger partial charge on any atom is -0.376 e. The van der Waals surface area contributed by atoms with Crippen molar-refractivity contribution in [2.45, 2.75) is 39.8 Å². The Kier molecular flexibility index (Phi) is 5.87. The van der Waals surface area contributed by atoms with Crippen LogP contribution in [0.1, 0.15) is 36.4 Å². The first kappa shape index (κ1) is 20.6. The van der Waals surface area contributed by atoms with Gasteiger partial charge in [0.2, 0.25) is 21.7 Å². The molecule has 158 valence electrons. The number of hydrogen-bond acceptors (Lipinski definition) is 6. The minimum atomic E-state index is -3.18. The van der Waals surface area contributed by atoms with Crippen molar-refractivity contribution in [3.05, 3.63) is 65.0 Å². The third-order valence-corrected chi connectivity index (χ3v) is 7.34. The molecule has 1 N–H and O–H groups in total. The maximum Gasteiger partial charge on any atom is 0.246 e. The average molecular weight is 427 g/mol. The van der Waals surface area contributed by atoms with Crippen molar-refractivity contribution in [2.24, 2.45) is 0 Å². The summed E-state index contributed by atoms with van der Waals surface area (Å²) in [6, 6.07) is 14.1. The van der Waals surface area contributed by atoms with E-state index >= 15 is 0 Å². The van der Waals surface area contributed by atoms with Gasteiger partial charge < -0.3 is 9.84 Å². The molecule has 0 atom stereocenters. The van der Waals surface area contributed by atoms with Crippen molar-refractivity contribution in [3.63, 3.8) is 0 Å². The smallest absolute Gasteiger partial charge is 0.246 e. The highest BCUT2D eigenvalue weighted by molar-refractivity contribution is 7.89. The number of sulfonamides is 1. The Morgan fingerprint density at radius 3 is 2.67 bits per heavy atom. The van der Waals surface area contributed by atoms with Gasteiger partial charge in [-0.25, -0.2) is 8.42 Å². The Balaban J connectivity index is 1.45. The van der Waals surface area contributed by atoms with E-state index in [4.69, 9.17) is 4.52 Å². The van der Waals surface area contributed by atoms with E-state index in [1.807, 2.05) is 30.3 Å². The molecule has 3 aromatic rings. The fraction of sp³-hybridized carbons (Fsp3) is 0.364. The third-order valence-electron chi connectivity index (χ3n) is 5.51. The molecular formula is C22H26N4O3S. The molecule has 4 rings (SSSR count). The van der Waals surface area contributed by atoms with Crippen LogP contribution in [0.4, 0.5) is 5.69 Å². The lowest BCUT2D eigenvalue weighted by molar-refractivity contribution is 0.383. The van der Waals surface area contributed by atoms with E-state index < -0.39 is 10.0 Å². The maximum absolute atomic E-state index is 12.2. The van der Waals surface area contributed by atoms with Gasteiger partial charge in [-0.15, -0.1) is 0 Å². The number of nitrogens with one attached hydrogen (secondary N) is 1. The number of benzene rings is 2. The largest absolute Gasteiger partial charge is 0.376 e. The van der Waals surface area contributed by atoms with Crippen molar-refractivity contribution in [3.8, 4) is 11.4 Å². The predicted octanol–water partition coefficient (Wildman–Crippen LogP) is 3.62. The van der Waals surface area contributed by atoms with Gasteiger partial charge in [-0.2, -0.15) is 9.29 Å². The van der Waals surface area contributed by atoms with E-state index in [-0.39, 0.29) is 5.75 Å². The first-order valence-electron chi connectivity index (χ1n) is 10.2. The maximum atomic E-state index is 12.2. The first-order chi connectivity index (χ1) is 14.5. The normalized spacial score (nSPS) is 14.5. The number of fused-ring (bicyclic) bond motifs is 1. The van der Waals surface area contributed by atoms with E-state index in [1.54, 1.807) is 11.2 Å². The van der Waals surface area contributed by atoms with Crippen molar-refractivity contribution < 1.29 is 12.9 Å². The number of hydrogen-bond donors (Lipinski definition) is 1. The summed E-state index contributed by atoms with van der Waals surface area (Å²) in [6.07, 6.45) is 1.67. The number of nitrogens with zero attached hydrogens (tertiary/aromatic N) is 3. The van der Waals surface area contributed by atoms with Gasteiger partial charge >= 0.3 is 0 Å². The molecule has 1 aliphatic rings. The van der Waals surface area contributed by atoms with Crippen LogP contribution in [-0.4, -0.2) is 35.2 Å². The molecular weight excluding hydrogens is 400 g/mol. The van der Waals surface area contributed by atoms with Gasteiger partial charge in [0.15, 0.2) is 0 Å². The van der Waals surface area contributed by atoms with Gasteiger partial charge in [-0.1, -0.05) is 48.5 Å². The van der Waals surface area contributed by atoms with Crippen LogP contribution < -0.4 is 5.32 Å². The SMILES string of the molecule is CCc1ccc(-c2noc(CNc3cccc4c3CCN(S(=O)(=O)CC)C4)n2)cc1. The molecule has 0 saturated heterocycles. The molecule has 0 aliphatic carbocycles. The summed E-state index contributed by atoms with van der Waals surface area (Å²) in [7, 11) is -3.18. The average Bonchev–Trinajstić information content (AvgIpc) is 3.26. The Bertz CT molecular complexity index is 1120. The van der Waals surface area contributed by atoms with Crippen LogP contribution in [0, 0.1) is 0 Å². The molecule has 30 heavy (non-hydrogen) atoms. The fourth-order valence-electron chi connectivity index (χ4n) is 3.67. The quantitative estimate of drug-likeness (QED) is 0.621. The van der Waals surface area contributed by atoms with Crippen molar-refractivity contribution in [1.82, 2.24) is 14.4 Å². The molecule has 0 fully saturated rings. The van der Waals surface area contributed by atoms with Crippen LogP contribution in [0.25, 0.3) is 11.4 Å². The molecule has 1 aliphatic heterocycles. The molecule has 0 spiro atoms. The Morgan fingerprint density at radius 1 is 1.13 bits per heavy atom. The number of aromatic nitrogens is 2. The summed E-state index contributed by atoms with van der Waals surface area (Å²) in [6.45, 7) is 5.13. The number of rotatable bonds is 7. The summed E-state index contributed by atoms with van der Waals surface area (Å²) in [5.74, 6) is 1.21. The van der Waals surface area contributed by atoms with Crippen molar-refractivity contribution in [1.29, 1.82) is 0 Å². The lowest BCUT2D eigenvalue weighted by Gasteiger charge is -2.29. The van der Waals surface area contributed by atoms with Gasteiger partial charge in [0, 0.05) is 24.3 Å². The highest BCUT2D eigenvalue weighted by atomic mass is 32.2. The second kappa shape index (κ2) is 8.57. The van der Waals surface area contributed by atoms with E-state index in [1.165, 1.54) is 5.56 Å². The highest BCUT2D eigenvalue weighted by Gasteiger charge is 2.26. The van der Waals surface area contributed by atoms with Crippen LogP contribution in [0.3, 0.4) is 0 Å². The number of aryl methyl sites for hydroxylation is 1. The zero-order valence-corrected chi connectivity index (χ0v) is 18.1. The van der Waals surface area contributed by atoms with Gasteiger partial charge in [0.1, 0.15) is 0 Å². The van der Waals surface area contributed by atoms with Crippen molar-refractivity contribution in [2.75, 3.05) is 17.6 Å². The molecule has 0 saturated carbocycles. The summed E-state index contributed by atoms with van der Waals surface area (Å²) in [4.78, 5) is 4.49. The molecule has 2 aromatic carbocycles. The molecule has 0 bridgehead atoms. The summed E-state index contributed by atoms with van der Waals surface area (Å²) >= 11 is 0. The van der Waals surface area contributed by atoms with E-state index in [2.05, 4.69) is 34.5 Å². The van der Waals surface area contributed by atoms with Gasteiger partial charge in [0.25, 0.3) is 0 Å². The van der Waals surface area contributed by atoms with Gasteiger partial charge in [-0.3, -0.25) is 0 Å². The zero-order valence-electron chi connectivity index (χ0n) is 17.3. The molecule has 0 amide bonds. The van der Waals surface area contributed by atoms with E-state index in [0.717, 1.165) is 28.8 Å². The van der Waals surface area contributed by atoms with Crippen LogP contribution in [0.5, 0.6) is 0 Å². The Morgan fingerprint density at radius 2 is 1.93 bits per heavy atom. The highest BCUT2D eigenvalue weighted by Crippen LogP contribution is 2.28. The summed E-state index contributed by atoms with van der Waals surface area (Å²) in [5, 5.41) is 7.46. The van der Waals surface area contributed by atoms with Crippen LogP contribution in [0.15, 0.2) is 47.0 Å². The second-order valence-corrected chi connectivity index (χ2v) is 9.60. The minimum absolute atomic E-state index is 0.126. The molecule has 0 unspecified atom stereocenters. The van der Waals surface area contributed by atoms with Gasteiger partial charge in [-0.05, 0) is 42.5 Å². The molecule has 0 radical (unpaired) electrons. The van der Waals surface area contributed by atoms with E-state index in [0.29, 0.717) is 37.8 Å².